The van der Waals surface area contributed by atoms with Crippen LogP contribution in [0.1, 0.15) is 54.9 Å². The van der Waals surface area contributed by atoms with Crippen molar-refractivity contribution in [3.8, 4) is 0 Å². The molecule has 1 unspecified atom stereocenters. The summed E-state index contributed by atoms with van der Waals surface area (Å²) in [6.07, 6.45) is 0.955. The number of amides is 1. The maximum absolute atomic E-state index is 12.6. The molecule has 1 atom stereocenters. The molecule has 1 aliphatic rings. The smallest absolute Gasteiger partial charge is 0.259 e. The molecule has 2 N–H and O–H groups in total. The Morgan fingerprint density at radius 2 is 2.26 bits per heavy atom. The molecule has 106 valence electrons. The Kier molecular flexibility index (Phi) is 3.67. The Bertz CT molecular complexity index is 481. The third kappa shape index (κ3) is 2.52. The van der Waals surface area contributed by atoms with E-state index in [9.17, 15) is 4.79 Å². The normalized spacial score (nSPS) is 23.4. The number of likely N-dealkylation sites (tertiary alicyclic amines) is 1. The molecule has 1 fully saturated rings. The van der Waals surface area contributed by atoms with Gasteiger partial charge in [0.25, 0.3) is 5.91 Å². The summed E-state index contributed by atoms with van der Waals surface area (Å²) in [5, 5.41) is 3.94. The zero-order valence-corrected chi connectivity index (χ0v) is 12.2. The molecule has 1 aliphatic heterocycles. The van der Waals surface area contributed by atoms with E-state index in [-0.39, 0.29) is 17.2 Å². The monoisotopic (exact) mass is 265 g/mol. The number of aryl methyl sites for hydroxylation is 1. The summed E-state index contributed by atoms with van der Waals surface area (Å²) < 4.78 is 5.29. The molecule has 19 heavy (non-hydrogen) atoms. The fraction of sp³-hybridized carbons (Fsp3) is 0.714. The molecule has 1 saturated heterocycles. The van der Waals surface area contributed by atoms with Gasteiger partial charge < -0.3 is 15.2 Å². The van der Waals surface area contributed by atoms with Gasteiger partial charge in [-0.25, -0.2) is 0 Å². The topological polar surface area (TPSA) is 72.4 Å². The van der Waals surface area contributed by atoms with Gasteiger partial charge in [0, 0.05) is 19.0 Å². The molecule has 1 aromatic heterocycles. The van der Waals surface area contributed by atoms with Gasteiger partial charge in [0.1, 0.15) is 5.56 Å². The minimum Gasteiger partial charge on any atom is -0.360 e. The number of nitrogens with zero attached hydrogens (tertiary/aromatic N) is 2. The van der Waals surface area contributed by atoms with Crippen molar-refractivity contribution in [2.24, 2.45) is 11.1 Å². The van der Waals surface area contributed by atoms with Gasteiger partial charge in [-0.15, -0.1) is 0 Å². The first kappa shape index (κ1) is 14.1. The Morgan fingerprint density at radius 3 is 2.79 bits per heavy atom. The van der Waals surface area contributed by atoms with Crippen LogP contribution in [0.15, 0.2) is 4.52 Å². The third-order valence-corrected chi connectivity index (χ3v) is 3.97. The molecule has 2 rings (SSSR count). The molecule has 2 heterocycles. The van der Waals surface area contributed by atoms with Gasteiger partial charge in [-0.1, -0.05) is 25.9 Å². The molecule has 1 amide bonds. The lowest BCUT2D eigenvalue weighted by Crippen LogP contribution is -2.35. The van der Waals surface area contributed by atoms with Crippen molar-refractivity contribution < 1.29 is 9.32 Å². The average Bonchev–Trinajstić information content (AvgIpc) is 2.93. The van der Waals surface area contributed by atoms with Crippen LogP contribution in [0.3, 0.4) is 0 Å². The molecule has 0 radical (unpaired) electrons. The average molecular weight is 265 g/mol. The number of carbonyl (C=O) groups is 1. The summed E-state index contributed by atoms with van der Waals surface area (Å²) in [6.45, 7) is 10.0. The summed E-state index contributed by atoms with van der Waals surface area (Å²) in [7, 11) is 0. The Hall–Kier alpha value is -1.36. The van der Waals surface area contributed by atoms with Crippen molar-refractivity contribution in [3.63, 3.8) is 0 Å². The number of nitrogens with two attached hydrogens (primary N) is 1. The van der Waals surface area contributed by atoms with Crippen molar-refractivity contribution >= 4 is 5.91 Å². The van der Waals surface area contributed by atoms with Crippen LogP contribution in [0.4, 0.5) is 0 Å². The fourth-order valence-corrected chi connectivity index (χ4v) is 2.56. The first-order valence-corrected chi connectivity index (χ1v) is 6.83. The molecule has 0 spiro atoms. The van der Waals surface area contributed by atoms with Gasteiger partial charge >= 0.3 is 0 Å². The molecule has 0 aliphatic carbocycles. The van der Waals surface area contributed by atoms with Crippen LogP contribution in [0.5, 0.6) is 0 Å². The second-order valence-corrected chi connectivity index (χ2v) is 6.15. The van der Waals surface area contributed by atoms with Crippen LogP contribution < -0.4 is 5.73 Å². The van der Waals surface area contributed by atoms with Crippen molar-refractivity contribution in [2.45, 2.75) is 40.0 Å². The Labute approximate surface area is 114 Å². The quantitative estimate of drug-likeness (QED) is 0.906. The summed E-state index contributed by atoms with van der Waals surface area (Å²) in [5.74, 6) is 0.868. The molecule has 0 saturated carbocycles. The SMILES string of the molecule is Cc1noc(C(C)C)c1C(=O)N1CCC(C)(CN)C1. The fourth-order valence-electron chi connectivity index (χ4n) is 2.56. The minimum absolute atomic E-state index is 0.0274. The standard InChI is InChI=1S/C14H23N3O2/c1-9(2)12-11(10(3)16-19-12)13(18)17-6-5-14(4,7-15)8-17/h9H,5-8,15H2,1-4H3. The van der Waals surface area contributed by atoms with Gasteiger partial charge in [-0.05, 0) is 25.3 Å². The van der Waals surface area contributed by atoms with E-state index < -0.39 is 0 Å². The van der Waals surface area contributed by atoms with E-state index in [0.29, 0.717) is 30.1 Å². The molecule has 0 aromatic carbocycles. The maximum Gasteiger partial charge on any atom is 0.259 e. The molecular formula is C14H23N3O2. The van der Waals surface area contributed by atoms with Crippen LogP contribution in [-0.2, 0) is 0 Å². The van der Waals surface area contributed by atoms with E-state index in [0.717, 1.165) is 13.0 Å². The van der Waals surface area contributed by atoms with E-state index in [2.05, 4.69) is 12.1 Å². The van der Waals surface area contributed by atoms with Gasteiger partial charge in [0.15, 0.2) is 5.76 Å². The number of rotatable bonds is 3. The minimum atomic E-state index is 0.0274. The number of hydrogen-bond acceptors (Lipinski definition) is 4. The van der Waals surface area contributed by atoms with Gasteiger partial charge in [0.2, 0.25) is 0 Å². The van der Waals surface area contributed by atoms with Crippen LogP contribution in [0.25, 0.3) is 0 Å². The lowest BCUT2D eigenvalue weighted by Gasteiger charge is -2.22. The lowest BCUT2D eigenvalue weighted by molar-refractivity contribution is 0.0773. The molecule has 5 heteroatoms. The molecule has 0 bridgehead atoms. The van der Waals surface area contributed by atoms with Crippen molar-refractivity contribution in [3.05, 3.63) is 17.0 Å². The van der Waals surface area contributed by atoms with Gasteiger partial charge in [-0.2, -0.15) is 0 Å². The third-order valence-electron chi connectivity index (χ3n) is 3.97. The number of aromatic nitrogens is 1. The number of hydrogen-bond donors (Lipinski definition) is 1. The van der Waals surface area contributed by atoms with Crippen LogP contribution >= 0.6 is 0 Å². The highest BCUT2D eigenvalue weighted by atomic mass is 16.5. The van der Waals surface area contributed by atoms with E-state index in [1.54, 1.807) is 0 Å². The number of carbonyl (C=O) groups excluding carboxylic acids is 1. The van der Waals surface area contributed by atoms with Gasteiger partial charge in [-0.3, -0.25) is 4.79 Å². The summed E-state index contributed by atoms with van der Waals surface area (Å²) >= 11 is 0. The van der Waals surface area contributed by atoms with Crippen LogP contribution in [0, 0.1) is 12.3 Å². The molecule has 5 nitrogen and oxygen atoms in total. The summed E-state index contributed by atoms with van der Waals surface area (Å²) in [4.78, 5) is 14.5. The van der Waals surface area contributed by atoms with Crippen LogP contribution in [-0.4, -0.2) is 35.6 Å². The summed E-state index contributed by atoms with van der Waals surface area (Å²) in [5.41, 5.74) is 7.14. The second kappa shape index (κ2) is 4.96. The first-order chi connectivity index (χ1) is 8.88. The van der Waals surface area contributed by atoms with E-state index in [1.165, 1.54) is 0 Å². The summed E-state index contributed by atoms with van der Waals surface area (Å²) in [6, 6.07) is 0. The molecular weight excluding hydrogens is 242 g/mol. The van der Waals surface area contributed by atoms with E-state index in [4.69, 9.17) is 10.3 Å². The highest BCUT2D eigenvalue weighted by molar-refractivity contribution is 5.96. The maximum atomic E-state index is 12.6. The van der Waals surface area contributed by atoms with Crippen molar-refractivity contribution in [1.82, 2.24) is 10.1 Å². The van der Waals surface area contributed by atoms with Crippen molar-refractivity contribution in [2.75, 3.05) is 19.6 Å². The largest absolute Gasteiger partial charge is 0.360 e. The van der Waals surface area contributed by atoms with Gasteiger partial charge in [0.05, 0.1) is 5.69 Å². The second-order valence-electron chi connectivity index (χ2n) is 6.15. The van der Waals surface area contributed by atoms with E-state index in [1.807, 2.05) is 25.7 Å². The highest BCUT2D eigenvalue weighted by Gasteiger charge is 2.37. The van der Waals surface area contributed by atoms with Crippen molar-refractivity contribution in [1.29, 1.82) is 0 Å². The molecule has 1 aromatic rings. The Morgan fingerprint density at radius 1 is 1.58 bits per heavy atom. The predicted octanol–water partition coefficient (Wildman–Crippen LogP) is 1.92. The highest BCUT2D eigenvalue weighted by Crippen LogP contribution is 2.31. The zero-order chi connectivity index (χ0) is 14.2. The first-order valence-electron chi connectivity index (χ1n) is 6.83. The predicted molar refractivity (Wildman–Crippen MR) is 73.0 cm³/mol. The zero-order valence-electron chi connectivity index (χ0n) is 12.2. The Balaban J connectivity index is 2.24. The van der Waals surface area contributed by atoms with E-state index >= 15 is 0 Å². The van der Waals surface area contributed by atoms with Crippen LogP contribution in [0.2, 0.25) is 0 Å². The lowest BCUT2D eigenvalue weighted by atomic mass is 9.90.